The van der Waals surface area contributed by atoms with E-state index < -0.39 is 17.6 Å². The number of nitrogens with one attached hydrogen (secondary N) is 1. The lowest BCUT2D eigenvalue weighted by molar-refractivity contribution is -0.830. The normalized spacial score (nSPS) is 13.9. The van der Waals surface area contributed by atoms with Crippen LogP contribution in [-0.2, 0) is 11.9 Å². The Bertz CT molecular complexity index is 1230. The van der Waals surface area contributed by atoms with Gasteiger partial charge in [0.05, 0.1) is 23.9 Å². The fourth-order valence-electron chi connectivity index (χ4n) is 4.19. The van der Waals surface area contributed by atoms with Crippen molar-refractivity contribution >= 4 is 35.0 Å². The van der Waals surface area contributed by atoms with Gasteiger partial charge in [-0.25, -0.2) is 9.23 Å². The number of primary amides is 1. The molecule has 0 atom stereocenters. The fourth-order valence-corrected chi connectivity index (χ4v) is 5.06. The van der Waals surface area contributed by atoms with Crippen LogP contribution in [-0.4, -0.2) is 33.7 Å². The standard InChI is InChI=1S/C23H25FN6O3S/c1-30-12-26-28-23(30)34-18-10-7-14(29-33-2)11-16(18)22(32)27-17-9-8-15(13-5-3-4-6-13)19(20(17)24)21(25)31/h7-13,29H,3-6H2,1-2H3,(H2,25,31)(H,27,32)/p+1. The van der Waals surface area contributed by atoms with E-state index in [0.29, 0.717) is 26.9 Å². The van der Waals surface area contributed by atoms with E-state index in [-0.39, 0.29) is 17.2 Å². The SMILES string of the molecule is CO[NH2+]c1ccc(Sc2nncn2C)c(C(=O)Nc2ccc(C3CCCC3)c(C(N)=O)c2F)c1. The highest BCUT2D eigenvalue weighted by molar-refractivity contribution is 7.99. The van der Waals surface area contributed by atoms with Gasteiger partial charge in [0.25, 0.3) is 11.8 Å². The smallest absolute Gasteiger partial charge is 0.257 e. The first kappa shape index (κ1) is 23.9. The number of carbonyl (C=O) groups excluding carboxylic acids is 2. The van der Waals surface area contributed by atoms with Gasteiger partial charge in [-0.05, 0) is 48.2 Å². The molecule has 1 heterocycles. The van der Waals surface area contributed by atoms with Gasteiger partial charge < -0.3 is 15.6 Å². The van der Waals surface area contributed by atoms with Crippen molar-refractivity contribution in [1.82, 2.24) is 14.8 Å². The van der Waals surface area contributed by atoms with Crippen molar-refractivity contribution < 1.29 is 24.3 Å². The van der Waals surface area contributed by atoms with Crippen LogP contribution in [0.15, 0.2) is 46.7 Å². The quantitative estimate of drug-likeness (QED) is 0.332. The van der Waals surface area contributed by atoms with E-state index in [1.165, 1.54) is 30.4 Å². The van der Waals surface area contributed by atoms with E-state index in [2.05, 4.69) is 15.5 Å². The molecular formula is C23H26FN6O3S+. The summed E-state index contributed by atoms with van der Waals surface area (Å²) in [5.41, 5.74) is 8.33. The Morgan fingerprint density at radius 3 is 2.68 bits per heavy atom. The number of rotatable bonds is 8. The van der Waals surface area contributed by atoms with Gasteiger partial charge in [-0.15, -0.1) is 10.2 Å². The molecule has 0 radical (unpaired) electrons. The first-order valence-corrected chi connectivity index (χ1v) is 11.7. The maximum Gasteiger partial charge on any atom is 0.257 e. The van der Waals surface area contributed by atoms with Crippen molar-refractivity contribution in [3.8, 4) is 0 Å². The third kappa shape index (κ3) is 4.96. The Hall–Kier alpha value is -3.28. The summed E-state index contributed by atoms with van der Waals surface area (Å²) < 4.78 is 17.1. The van der Waals surface area contributed by atoms with Crippen molar-refractivity contribution in [3.63, 3.8) is 0 Å². The molecule has 0 saturated heterocycles. The van der Waals surface area contributed by atoms with Crippen molar-refractivity contribution in [2.24, 2.45) is 12.8 Å². The highest BCUT2D eigenvalue weighted by atomic mass is 32.2. The Morgan fingerprint density at radius 1 is 1.26 bits per heavy atom. The molecule has 1 fully saturated rings. The van der Waals surface area contributed by atoms with E-state index >= 15 is 4.39 Å². The predicted octanol–water partition coefficient (Wildman–Crippen LogP) is 2.87. The molecule has 34 heavy (non-hydrogen) atoms. The minimum atomic E-state index is -0.842. The van der Waals surface area contributed by atoms with Gasteiger partial charge in [0.1, 0.15) is 6.33 Å². The zero-order valence-electron chi connectivity index (χ0n) is 18.9. The molecule has 0 spiro atoms. The number of amides is 2. The second-order valence-electron chi connectivity index (χ2n) is 8.13. The molecule has 2 aromatic carbocycles. The van der Waals surface area contributed by atoms with Gasteiger partial charge in [0.2, 0.25) is 0 Å². The number of carbonyl (C=O) groups is 2. The summed E-state index contributed by atoms with van der Waals surface area (Å²) in [7, 11) is 3.30. The fraction of sp³-hybridized carbons (Fsp3) is 0.304. The van der Waals surface area contributed by atoms with Crippen molar-refractivity contribution in [2.75, 3.05) is 12.4 Å². The maximum atomic E-state index is 15.4. The zero-order valence-corrected chi connectivity index (χ0v) is 19.7. The van der Waals surface area contributed by atoms with E-state index in [1.54, 1.807) is 42.2 Å². The molecule has 4 rings (SSSR count). The Labute approximate surface area is 200 Å². The zero-order chi connectivity index (χ0) is 24.2. The summed E-state index contributed by atoms with van der Waals surface area (Å²) in [4.78, 5) is 31.1. The molecule has 178 valence electrons. The molecule has 1 aromatic heterocycles. The monoisotopic (exact) mass is 485 g/mol. The van der Waals surface area contributed by atoms with Gasteiger partial charge in [0.15, 0.2) is 16.7 Å². The van der Waals surface area contributed by atoms with Gasteiger partial charge in [-0.1, -0.05) is 18.9 Å². The summed E-state index contributed by atoms with van der Waals surface area (Å²) in [5, 5.41) is 11.1. The van der Waals surface area contributed by atoms with Gasteiger partial charge >= 0.3 is 0 Å². The minimum absolute atomic E-state index is 0.0948. The average Bonchev–Trinajstić information content (AvgIpc) is 3.48. The van der Waals surface area contributed by atoms with Gasteiger partial charge in [-0.2, -0.15) is 5.48 Å². The summed E-state index contributed by atoms with van der Waals surface area (Å²) in [6, 6.07) is 8.37. The van der Waals surface area contributed by atoms with Gasteiger partial charge in [0, 0.05) is 24.1 Å². The maximum absolute atomic E-state index is 15.4. The van der Waals surface area contributed by atoms with Crippen LogP contribution >= 0.6 is 11.8 Å². The summed E-state index contributed by atoms with van der Waals surface area (Å²) in [5.74, 6) is -2.10. The largest absolute Gasteiger partial charge is 0.365 e. The highest BCUT2D eigenvalue weighted by Gasteiger charge is 2.27. The number of aromatic nitrogens is 3. The number of aryl methyl sites for hydroxylation is 1. The van der Waals surface area contributed by atoms with Crippen molar-refractivity contribution in [1.29, 1.82) is 0 Å². The Morgan fingerprint density at radius 2 is 2.03 bits per heavy atom. The summed E-state index contributed by atoms with van der Waals surface area (Å²) >= 11 is 1.25. The van der Waals surface area contributed by atoms with Crippen LogP contribution in [0.4, 0.5) is 15.8 Å². The van der Waals surface area contributed by atoms with Crippen LogP contribution in [0.2, 0.25) is 0 Å². The van der Waals surface area contributed by atoms with Crippen LogP contribution < -0.4 is 16.5 Å². The molecule has 1 saturated carbocycles. The molecule has 11 heteroatoms. The van der Waals surface area contributed by atoms with Crippen molar-refractivity contribution in [2.45, 2.75) is 41.7 Å². The topological polar surface area (TPSA) is 129 Å². The number of anilines is 1. The molecule has 1 aliphatic rings. The van der Waals surface area contributed by atoms with Crippen molar-refractivity contribution in [3.05, 3.63) is 59.2 Å². The molecule has 0 aliphatic heterocycles. The van der Waals surface area contributed by atoms with Gasteiger partial charge in [-0.3, -0.25) is 9.59 Å². The van der Waals surface area contributed by atoms with Crippen LogP contribution in [0, 0.1) is 5.82 Å². The summed E-state index contributed by atoms with van der Waals surface area (Å²) in [6.45, 7) is 0. The minimum Gasteiger partial charge on any atom is -0.365 e. The Balaban J connectivity index is 1.67. The lowest BCUT2D eigenvalue weighted by Gasteiger charge is -2.17. The van der Waals surface area contributed by atoms with E-state index in [0.717, 1.165) is 25.7 Å². The summed E-state index contributed by atoms with van der Waals surface area (Å²) in [6.07, 6.45) is 5.39. The number of benzene rings is 2. The van der Waals surface area contributed by atoms with Crippen LogP contribution in [0.25, 0.3) is 0 Å². The molecule has 1 aliphatic carbocycles. The average molecular weight is 486 g/mol. The molecule has 5 N–H and O–H groups in total. The lowest BCUT2D eigenvalue weighted by atomic mass is 9.91. The van der Waals surface area contributed by atoms with Crippen LogP contribution in [0.3, 0.4) is 0 Å². The van der Waals surface area contributed by atoms with Crippen LogP contribution in [0.1, 0.15) is 57.9 Å². The third-order valence-corrected chi connectivity index (χ3v) is 6.97. The van der Waals surface area contributed by atoms with Crippen LogP contribution in [0.5, 0.6) is 0 Å². The van der Waals surface area contributed by atoms with E-state index in [4.69, 9.17) is 10.6 Å². The second kappa shape index (κ2) is 10.3. The number of nitrogens with two attached hydrogens (primary N) is 2. The molecule has 9 nitrogen and oxygen atoms in total. The first-order valence-electron chi connectivity index (χ1n) is 10.8. The number of halogens is 1. The number of hydrogen-bond donors (Lipinski definition) is 3. The highest BCUT2D eigenvalue weighted by Crippen LogP contribution is 2.38. The molecule has 3 aromatic rings. The van der Waals surface area contributed by atoms with E-state index in [9.17, 15) is 9.59 Å². The molecule has 0 bridgehead atoms. The number of nitrogens with zero attached hydrogens (tertiary/aromatic N) is 3. The predicted molar refractivity (Wildman–Crippen MR) is 124 cm³/mol. The third-order valence-electron chi connectivity index (χ3n) is 5.84. The van der Waals surface area contributed by atoms with E-state index in [1.807, 2.05) is 0 Å². The first-order chi connectivity index (χ1) is 16.4. The number of hydrogen-bond acceptors (Lipinski definition) is 6. The molecule has 2 amide bonds. The molecular weight excluding hydrogens is 459 g/mol. The lowest BCUT2D eigenvalue weighted by Crippen LogP contribution is -2.75. The second-order valence-corrected chi connectivity index (χ2v) is 9.14. The molecule has 0 unspecified atom stereocenters. The Kier molecular flexibility index (Phi) is 7.25. The number of quaternary nitrogens is 1.